The van der Waals surface area contributed by atoms with Crippen LogP contribution in [0.25, 0.3) is 0 Å². The number of nitrogens with two attached hydrogens (primary N) is 1. The van der Waals surface area contributed by atoms with Crippen LogP contribution in [0.15, 0.2) is 18.2 Å². The Bertz CT molecular complexity index is 442. The maximum Gasteiger partial charge on any atom is 0.128 e. The van der Waals surface area contributed by atoms with Crippen molar-refractivity contribution in [3.05, 3.63) is 34.6 Å². The van der Waals surface area contributed by atoms with Gasteiger partial charge in [-0.15, -0.1) is 0 Å². The maximum absolute atomic E-state index is 14.0. The van der Waals surface area contributed by atoms with Crippen LogP contribution in [0.2, 0.25) is 5.02 Å². The van der Waals surface area contributed by atoms with Crippen LogP contribution in [0, 0.1) is 17.7 Å². The summed E-state index contributed by atoms with van der Waals surface area (Å²) in [6.45, 7) is 6.94. The van der Waals surface area contributed by atoms with Gasteiger partial charge < -0.3 is 5.73 Å². The number of halogens is 2. The van der Waals surface area contributed by atoms with E-state index in [0.717, 1.165) is 37.8 Å². The molecule has 0 aliphatic carbocycles. The summed E-state index contributed by atoms with van der Waals surface area (Å²) in [5.41, 5.74) is 6.53. The number of hydrogen-bond acceptors (Lipinski definition) is 2. The average Bonchev–Trinajstić information content (AvgIpc) is 2.44. The molecule has 1 atom stereocenters. The second kappa shape index (κ2) is 6.88. The lowest BCUT2D eigenvalue weighted by Gasteiger charge is -2.38. The summed E-state index contributed by atoms with van der Waals surface area (Å²) < 4.78 is 14.0. The van der Waals surface area contributed by atoms with E-state index in [2.05, 4.69) is 18.7 Å². The molecule has 1 unspecified atom stereocenters. The van der Waals surface area contributed by atoms with E-state index >= 15 is 0 Å². The second-order valence-electron chi connectivity index (χ2n) is 6.03. The quantitative estimate of drug-likeness (QED) is 0.915. The van der Waals surface area contributed by atoms with E-state index in [1.165, 1.54) is 6.07 Å². The predicted molar refractivity (Wildman–Crippen MR) is 82.3 cm³/mol. The third kappa shape index (κ3) is 3.51. The molecule has 1 aromatic carbocycles. The van der Waals surface area contributed by atoms with Gasteiger partial charge in [-0.1, -0.05) is 25.4 Å². The lowest BCUT2D eigenvalue weighted by atomic mass is 9.86. The zero-order chi connectivity index (χ0) is 14.7. The van der Waals surface area contributed by atoms with E-state index in [1.807, 2.05) is 0 Å². The number of hydrogen-bond donors (Lipinski definition) is 1. The Balaban J connectivity index is 2.11. The van der Waals surface area contributed by atoms with Crippen molar-refractivity contribution >= 4 is 11.6 Å². The summed E-state index contributed by atoms with van der Waals surface area (Å²) >= 11 is 6.00. The minimum Gasteiger partial charge on any atom is -0.329 e. The van der Waals surface area contributed by atoms with Crippen LogP contribution in [0.1, 0.15) is 38.3 Å². The molecule has 0 aromatic heterocycles. The molecule has 0 saturated carbocycles. The van der Waals surface area contributed by atoms with Crippen molar-refractivity contribution in [1.82, 2.24) is 4.90 Å². The zero-order valence-corrected chi connectivity index (χ0v) is 13.0. The Morgan fingerprint density at radius 3 is 2.55 bits per heavy atom. The van der Waals surface area contributed by atoms with Gasteiger partial charge in [0.15, 0.2) is 0 Å². The van der Waals surface area contributed by atoms with E-state index in [4.69, 9.17) is 17.3 Å². The first-order valence-electron chi connectivity index (χ1n) is 7.42. The molecule has 1 saturated heterocycles. The lowest BCUT2D eigenvalue weighted by molar-refractivity contribution is 0.115. The van der Waals surface area contributed by atoms with E-state index in [1.54, 1.807) is 12.1 Å². The molecular weight excluding hydrogens is 275 g/mol. The smallest absolute Gasteiger partial charge is 0.128 e. The highest BCUT2D eigenvalue weighted by molar-refractivity contribution is 6.30. The first-order valence-corrected chi connectivity index (χ1v) is 7.79. The number of likely N-dealkylation sites (tertiary alicyclic amines) is 1. The molecule has 112 valence electrons. The molecule has 0 amide bonds. The highest BCUT2D eigenvalue weighted by Gasteiger charge is 2.28. The molecule has 0 spiro atoms. The van der Waals surface area contributed by atoms with Crippen LogP contribution < -0.4 is 5.73 Å². The number of nitrogens with zero attached hydrogens (tertiary/aromatic N) is 1. The highest BCUT2D eigenvalue weighted by atomic mass is 35.5. The Morgan fingerprint density at radius 2 is 2.00 bits per heavy atom. The normalized spacial score (nSPS) is 19.5. The van der Waals surface area contributed by atoms with Crippen molar-refractivity contribution in [3.63, 3.8) is 0 Å². The minimum atomic E-state index is -0.212. The van der Waals surface area contributed by atoms with Crippen molar-refractivity contribution in [2.24, 2.45) is 17.6 Å². The van der Waals surface area contributed by atoms with Gasteiger partial charge in [0.25, 0.3) is 0 Å². The predicted octanol–water partition coefficient (Wildman–Crippen LogP) is 3.85. The molecular formula is C16H24ClFN2. The summed E-state index contributed by atoms with van der Waals surface area (Å²) in [4.78, 5) is 2.30. The van der Waals surface area contributed by atoms with Gasteiger partial charge in [-0.3, -0.25) is 4.90 Å². The first kappa shape index (κ1) is 15.7. The van der Waals surface area contributed by atoms with E-state index < -0.39 is 0 Å². The summed E-state index contributed by atoms with van der Waals surface area (Å²) in [7, 11) is 0. The SMILES string of the molecule is CC(C)C1CCN(C(CN)c2cc(Cl)ccc2F)CC1. The number of rotatable bonds is 4. The topological polar surface area (TPSA) is 29.3 Å². The highest BCUT2D eigenvalue weighted by Crippen LogP contribution is 2.31. The van der Waals surface area contributed by atoms with Crippen molar-refractivity contribution in [1.29, 1.82) is 0 Å². The molecule has 1 aliphatic rings. The van der Waals surface area contributed by atoms with Gasteiger partial charge in [0.05, 0.1) is 0 Å². The Kier molecular flexibility index (Phi) is 5.42. The van der Waals surface area contributed by atoms with Gasteiger partial charge in [-0.05, 0) is 56.0 Å². The third-order valence-electron chi connectivity index (χ3n) is 4.50. The van der Waals surface area contributed by atoms with Gasteiger partial charge >= 0.3 is 0 Å². The van der Waals surface area contributed by atoms with Gasteiger partial charge in [0.2, 0.25) is 0 Å². The van der Waals surface area contributed by atoms with Crippen LogP contribution >= 0.6 is 11.6 Å². The summed E-state index contributed by atoms with van der Waals surface area (Å²) in [6, 6.07) is 4.66. The molecule has 1 aliphatic heterocycles. The van der Waals surface area contributed by atoms with Crippen LogP contribution in [0.3, 0.4) is 0 Å². The lowest BCUT2D eigenvalue weighted by Crippen LogP contribution is -2.41. The van der Waals surface area contributed by atoms with Crippen LogP contribution in [-0.4, -0.2) is 24.5 Å². The number of benzene rings is 1. The molecule has 1 fully saturated rings. The van der Waals surface area contributed by atoms with E-state index in [9.17, 15) is 4.39 Å². The van der Waals surface area contributed by atoms with E-state index in [0.29, 0.717) is 17.1 Å². The van der Waals surface area contributed by atoms with Crippen LogP contribution in [-0.2, 0) is 0 Å². The van der Waals surface area contributed by atoms with E-state index in [-0.39, 0.29) is 11.9 Å². The van der Waals surface area contributed by atoms with Crippen molar-refractivity contribution < 1.29 is 4.39 Å². The van der Waals surface area contributed by atoms with Crippen LogP contribution in [0.4, 0.5) is 4.39 Å². The van der Waals surface area contributed by atoms with Crippen molar-refractivity contribution in [3.8, 4) is 0 Å². The van der Waals surface area contributed by atoms with Crippen molar-refractivity contribution in [2.45, 2.75) is 32.7 Å². The Labute approximate surface area is 126 Å². The Hall–Kier alpha value is -0.640. The molecule has 0 radical (unpaired) electrons. The summed E-state index contributed by atoms with van der Waals surface area (Å²) in [5, 5.41) is 0.567. The fourth-order valence-corrected chi connectivity index (χ4v) is 3.32. The standard InChI is InChI=1S/C16H24ClFN2/c1-11(2)12-5-7-20(8-6-12)16(10-19)14-9-13(17)3-4-15(14)18/h3-4,9,11-12,16H,5-8,10,19H2,1-2H3. The number of piperidine rings is 1. The largest absolute Gasteiger partial charge is 0.329 e. The van der Waals surface area contributed by atoms with Gasteiger partial charge in [-0.25, -0.2) is 4.39 Å². The van der Waals surface area contributed by atoms with Crippen LogP contribution in [0.5, 0.6) is 0 Å². The minimum absolute atomic E-state index is 0.0678. The van der Waals surface area contributed by atoms with Crippen molar-refractivity contribution in [2.75, 3.05) is 19.6 Å². The molecule has 20 heavy (non-hydrogen) atoms. The summed E-state index contributed by atoms with van der Waals surface area (Å²) in [5.74, 6) is 1.28. The maximum atomic E-state index is 14.0. The molecule has 2 nitrogen and oxygen atoms in total. The second-order valence-corrected chi connectivity index (χ2v) is 6.47. The van der Waals surface area contributed by atoms with Gasteiger partial charge in [0.1, 0.15) is 5.82 Å². The zero-order valence-electron chi connectivity index (χ0n) is 12.3. The fraction of sp³-hybridized carbons (Fsp3) is 0.625. The fourth-order valence-electron chi connectivity index (χ4n) is 3.14. The molecule has 4 heteroatoms. The summed E-state index contributed by atoms with van der Waals surface area (Å²) in [6.07, 6.45) is 2.33. The third-order valence-corrected chi connectivity index (χ3v) is 4.73. The monoisotopic (exact) mass is 298 g/mol. The average molecular weight is 299 g/mol. The van der Waals surface area contributed by atoms with Gasteiger partial charge in [-0.2, -0.15) is 0 Å². The molecule has 2 N–H and O–H groups in total. The molecule has 1 aromatic rings. The molecule has 0 bridgehead atoms. The Morgan fingerprint density at radius 1 is 1.35 bits per heavy atom. The molecule has 1 heterocycles. The first-order chi connectivity index (χ1) is 9.52. The molecule has 2 rings (SSSR count). The van der Waals surface area contributed by atoms with Gasteiger partial charge in [0, 0.05) is 23.2 Å².